The number of alkyl carbamates (subject to hydrolysis) is 1. The van der Waals surface area contributed by atoms with Crippen LogP contribution in [0.2, 0.25) is 0 Å². The minimum Gasteiger partial charge on any atom is -0.480 e. The number of nitrogens with zero attached hydrogens (tertiary/aromatic N) is 1. The molecule has 10 heteroatoms. The van der Waals surface area contributed by atoms with Crippen LogP contribution in [0.1, 0.15) is 60.8 Å². The predicted molar refractivity (Wildman–Crippen MR) is 113 cm³/mol. The second-order valence-corrected chi connectivity index (χ2v) is 9.49. The van der Waals surface area contributed by atoms with Crippen LogP contribution < -0.4 is 10.6 Å². The largest absolute Gasteiger partial charge is 0.480 e. The number of carboxylic acids is 1. The number of hydrogen-bond acceptors (Lipinski definition) is 6. The molecule has 0 aromatic heterocycles. The standard InChI is InChI=1S/C21H37N3O7/c1-12(2)11-15(22-20(30)31-21(4,5)6)18(27)24-9-7-14(8-10-24)17(26)23-16(13(3)25)19(28)29/h12-16,25H,7-11H2,1-6H3,(H,22,30)(H,23,26)(H,28,29)/t13-,15+,16+/m1/s1. The molecule has 3 amide bonds. The molecule has 1 fully saturated rings. The number of aliphatic carboxylic acids is 1. The Balaban J connectivity index is 2.70. The first-order valence-electron chi connectivity index (χ1n) is 10.7. The number of piperidine rings is 1. The molecule has 0 saturated carbocycles. The summed E-state index contributed by atoms with van der Waals surface area (Å²) in [4.78, 5) is 50.3. The van der Waals surface area contributed by atoms with Crippen molar-refractivity contribution in [3.05, 3.63) is 0 Å². The lowest BCUT2D eigenvalue weighted by atomic mass is 9.94. The van der Waals surface area contributed by atoms with Gasteiger partial charge in [0.05, 0.1) is 6.10 Å². The number of amides is 3. The van der Waals surface area contributed by atoms with E-state index in [0.29, 0.717) is 32.4 Å². The van der Waals surface area contributed by atoms with Gasteiger partial charge in [-0.05, 0) is 52.9 Å². The summed E-state index contributed by atoms with van der Waals surface area (Å²) in [6.07, 6.45) is -0.695. The number of carbonyl (C=O) groups is 4. The number of aliphatic hydroxyl groups is 1. The van der Waals surface area contributed by atoms with Crippen LogP contribution in [-0.2, 0) is 19.1 Å². The maximum atomic E-state index is 13.0. The molecule has 1 heterocycles. The van der Waals surface area contributed by atoms with Crippen LogP contribution in [0.25, 0.3) is 0 Å². The molecule has 0 spiro atoms. The first-order chi connectivity index (χ1) is 14.2. The molecule has 1 aliphatic heterocycles. The minimum atomic E-state index is -1.37. The highest BCUT2D eigenvalue weighted by atomic mass is 16.6. The van der Waals surface area contributed by atoms with E-state index in [1.54, 1.807) is 25.7 Å². The Bertz CT molecular complexity index is 650. The molecule has 0 aromatic rings. The van der Waals surface area contributed by atoms with Crippen molar-refractivity contribution in [3.8, 4) is 0 Å². The molecule has 3 atom stereocenters. The van der Waals surface area contributed by atoms with Crippen molar-refractivity contribution < 1.29 is 34.1 Å². The summed E-state index contributed by atoms with van der Waals surface area (Å²) in [5, 5.41) is 23.7. The topological polar surface area (TPSA) is 145 Å². The average molecular weight is 444 g/mol. The van der Waals surface area contributed by atoms with Crippen LogP contribution in [0.4, 0.5) is 4.79 Å². The van der Waals surface area contributed by atoms with Gasteiger partial charge in [-0.2, -0.15) is 0 Å². The highest BCUT2D eigenvalue weighted by Gasteiger charge is 2.34. The number of carboxylic acid groups (broad SMARTS) is 1. The Hall–Kier alpha value is -2.36. The molecule has 0 bridgehead atoms. The van der Waals surface area contributed by atoms with Crippen molar-refractivity contribution in [2.75, 3.05) is 13.1 Å². The molecule has 1 rings (SSSR count). The highest BCUT2D eigenvalue weighted by molar-refractivity contribution is 5.87. The Morgan fingerprint density at radius 2 is 1.61 bits per heavy atom. The molecule has 0 unspecified atom stereocenters. The third kappa shape index (κ3) is 9.12. The lowest BCUT2D eigenvalue weighted by Gasteiger charge is -2.35. The van der Waals surface area contributed by atoms with Crippen molar-refractivity contribution in [1.82, 2.24) is 15.5 Å². The van der Waals surface area contributed by atoms with E-state index in [9.17, 15) is 24.3 Å². The molecular weight excluding hydrogens is 406 g/mol. The van der Waals surface area contributed by atoms with Crippen molar-refractivity contribution >= 4 is 23.9 Å². The van der Waals surface area contributed by atoms with Gasteiger partial charge < -0.3 is 30.5 Å². The molecule has 0 radical (unpaired) electrons. The van der Waals surface area contributed by atoms with Gasteiger partial charge in [0.15, 0.2) is 6.04 Å². The number of nitrogens with one attached hydrogen (secondary N) is 2. The van der Waals surface area contributed by atoms with E-state index < -0.39 is 47.7 Å². The van der Waals surface area contributed by atoms with Crippen LogP contribution in [-0.4, -0.2) is 75.9 Å². The zero-order valence-electron chi connectivity index (χ0n) is 19.3. The average Bonchev–Trinajstić information content (AvgIpc) is 2.62. The van der Waals surface area contributed by atoms with Gasteiger partial charge >= 0.3 is 12.1 Å². The van der Waals surface area contributed by atoms with Gasteiger partial charge in [0.25, 0.3) is 0 Å². The molecule has 0 aromatic carbocycles. The number of carbonyl (C=O) groups excluding carboxylic acids is 3. The summed E-state index contributed by atoms with van der Waals surface area (Å²) >= 11 is 0. The quantitative estimate of drug-likeness (QED) is 0.440. The van der Waals surface area contributed by atoms with Gasteiger partial charge in [0.2, 0.25) is 11.8 Å². The molecule has 4 N–H and O–H groups in total. The van der Waals surface area contributed by atoms with Crippen molar-refractivity contribution in [3.63, 3.8) is 0 Å². The molecule has 1 aliphatic rings. The normalized spacial score (nSPS) is 18.1. The second kappa shape index (κ2) is 11.3. The lowest BCUT2D eigenvalue weighted by Crippen LogP contribution is -2.54. The fraction of sp³-hybridized carbons (Fsp3) is 0.810. The third-order valence-corrected chi connectivity index (χ3v) is 4.92. The van der Waals surface area contributed by atoms with Crippen molar-refractivity contribution in [1.29, 1.82) is 0 Å². The minimum absolute atomic E-state index is 0.167. The Kier molecular flexibility index (Phi) is 9.73. The van der Waals surface area contributed by atoms with E-state index >= 15 is 0 Å². The van der Waals surface area contributed by atoms with E-state index in [0.717, 1.165) is 0 Å². The zero-order valence-corrected chi connectivity index (χ0v) is 19.3. The van der Waals surface area contributed by atoms with Crippen molar-refractivity contribution in [2.24, 2.45) is 11.8 Å². The monoisotopic (exact) mass is 443 g/mol. The third-order valence-electron chi connectivity index (χ3n) is 4.92. The van der Waals surface area contributed by atoms with Crippen LogP contribution in [0, 0.1) is 11.8 Å². The fourth-order valence-corrected chi connectivity index (χ4v) is 3.38. The number of ether oxygens (including phenoxy) is 1. The Morgan fingerprint density at radius 3 is 2.03 bits per heavy atom. The maximum Gasteiger partial charge on any atom is 0.408 e. The summed E-state index contributed by atoms with van der Waals surface area (Å²) in [7, 11) is 0. The lowest BCUT2D eigenvalue weighted by molar-refractivity contribution is -0.146. The summed E-state index contributed by atoms with van der Waals surface area (Å²) in [5.41, 5.74) is -0.679. The molecule has 10 nitrogen and oxygen atoms in total. The summed E-state index contributed by atoms with van der Waals surface area (Å²) < 4.78 is 5.27. The first-order valence-corrected chi connectivity index (χ1v) is 10.7. The van der Waals surface area contributed by atoms with Crippen LogP contribution in [0.15, 0.2) is 0 Å². The summed E-state index contributed by atoms with van der Waals surface area (Å²) in [6, 6.07) is -2.10. The zero-order chi connectivity index (χ0) is 23.9. The molecular formula is C21H37N3O7. The smallest absolute Gasteiger partial charge is 0.408 e. The molecule has 0 aliphatic carbocycles. The van der Waals surface area contributed by atoms with Gasteiger partial charge in [-0.3, -0.25) is 9.59 Å². The van der Waals surface area contributed by atoms with E-state index in [4.69, 9.17) is 9.84 Å². The summed E-state index contributed by atoms with van der Waals surface area (Å²) in [5.74, 6) is -2.27. The van der Waals surface area contributed by atoms with Gasteiger partial charge in [-0.25, -0.2) is 9.59 Å². The SMILES string of the molecule is CC(C)C[C@H](NC(=O)OC(C)(C)C)C(=O)N1CCC(C(=O)N[C@H](C(=O)O)[C@@H](C)O)CC1. The van der Waals surface area contributed by atoms with Crippen LogP contribution in [0.5, 0.6) is 0 Å². The number of likely N-dealkylation sites (tertiary alicyclic amines) is 1. The molecule has 31 heavy (non-hydrogen) atoms. The van der Waals surface area contributed by atoms with Crippen LogP contribution >= 0.6 is 0 Å². The van der Waals surface area contributed by atoms with Gasteiger partial charge in [0, 0.05) is 19.0 Å². The maximum absolute atomic E-state index is 13.0. The predicted octanol–water partition coefficient (Wildman–Crippen LogP) is 1.11. The van der Waals surface area contributed by atoms with Crippen LogP contribution in [0.3, 0.4) is 0 Å². The van der Waals surface area contributed by atoms with Gasteiger partial charge in [0.1, 0.15) is 11.6 Å². The van der Waals surface area contributed by atoms with E-state index in [2.05, 4.69) is 10.6 Å². The van der Waals surface area contributed by atoms with Gasteiger partial charge in [-0.15, -0.1) is 0 Å². The van der Waals surface area contributed by atoms with E-state index in [1.165, 1.54) is 6.92 Å². The highest BCUT2D eigenvalue weighted by Crippen LogP contribution is 2.20. The molecule has 1 saturated heterocycles. The Morgan fingerprint density at radius 1 is 1.06 bits per heavy atom. The van der Waals surface area contributed by atoms with E-state index in [-0.39, 0.29) is 11.8 Å². The number of aliphatic hydroxyl groups excluding tert-OH is 1. The van der Waals surface area contributed by atoms with Gasteiger partial charge in [-0.1, -0.05) is 13.8 Å². The number of hydrogen-bond donors (Lipinski definition) is 4. The second-order valence-electron chi connectivity index (χ2n) is 9.49. The summed E-state index contributed by atoms with van der Waals surface area (Å²) in [6.45, 7) is 11.1. The first kappa shape index (κ1) is 26.7. The molecule has 178 valence electrons. The fourth-order valence-electron chi connectivity index (χ4n) is 3.38. The Labute approximate surface area is 183 Å². The van der Waals surface area contributed by atoms with E-state index in [1.807, 2.05) is 13.8 Å². The number of rotatable bonds is 8. The van der Waals surface area contributed by atoms with Crippen molar-refractivity contribution in [2.45, 2.75) is 84.6 Å².